The van der Waals surface area contributed by atoms with Gasteiger partial charge in [0, 0.05) is 12.7 Å². The summed E-state index contributed by atoms with van der Waals surface area (Å²) < 4.78 is 15.6. The van der Waals surface area contributed by atoms with Gasteiger partial charge < -0.3 is 31.0 Å². The Morgan fingerprint density at radius 3 is 2.34 bits per heavy atom. The molecule has 1 aromatic carbocycles. The zero-order chi connectivity index (χ0) is 21.1. The van der Waals surface area contributed by atoms with Crippen LogP contribution in [0.25, 0.3) is 11.0 Å². The van der Waals surface area contributed by atoms with E-state index in [1.165, 1.54) is 21.3 Å². The van der Waals surface area contributed by atoms with Gasteiger partial charge in [0.25, 0.3) is 0 Å². The molecule has 0 saturated carbocycles. The molecule has 29 heavy (non-hydrogen) atoms. The highest BCUT2D eigenvalue weighted by Gasteiger charge is 2.18. The van der Waals surface area contributed by atoms with Crippen molar-refractivity contribution in [3.63, 3.8) is 0 Å². The predicted octanol–water partition coefficient (Wildman–Crippen LogP) is 1.91. The summed E-state index contributed by atoms with van der Waals surface area (Å²) in [6.07, 6.45) is 1.69. The molecule has 10 nitrogen and oxygen atoms in total. The maximum atomic E-state index is 11.9. The smallest absolute Gasteiger partial charge is 0.338 e. The molecule has 2 aromatic heterocycles. The second-order valence-corrected chi connectivity index (χ2v) is 6.17. The quantitative estimate of drug-likeness (QED) is 0.526. The van der Waals surface area contributed by atoms with Crippen molar-refractivity contribution >= 4 is 34.5 Å². The van der Waals surface area contributed by atoms with Crippen LogP contribution in [0.5, 0.6) is 11.5 Å². The molecule has 0 saturated heterocycles. The average molecular weight is 398 g/mol. The number of methoxy groups -OCH3 is 3. The minimum Gasteiger partial charge on any atom is -0.494 e. The number of nitrogens with one attached hydrogen (secondary N) is 1. The summed E-state index contributed by atoms with van der Waals surface area (Å²) >= 11 is 0. The van der Waals surface area contributed by atoms with E-state index in [4.69, 9.17) is 25.7 Å². The predicted molar refractivity (Wildman–Crippen MR) is 109 cm³/mol. The topological polar surface area (TPSA) is 148 Å². The molecule has 5 N–H and O–H groups in total. The summed E-state index contributed by atoms with van der Waals surface area (Å²) in [5.41, 5.74) is 14.7. The Balaban J connectivity index is 1.97. The van der Waals surface area contributed by atoms with Gasteiger partial charge in [0.05, 0.1) is 32.3 Å². The fraction of sp³-hybridized carbons (Fsp3) is 0.263. The average Bonchev–Trinajstić information content (AvgIpc) is 2.71. The van der Waals surface area contributed by atoms with Crippen molar-refractivity contribution in [3.8, 4) is 11.5 Å². The molecule has 0 bridgehead atoms. The molecule has 0 fully saturated rings. The van der Waals surface area contributed by atoms with Gasteiger partial charge in [0.15, 0.2) is 5.65 Å². The van der Waals surface area contributed by atoms with E-state index >= 15 is 0 Å². The number of anilines is 3. The van der Waals surface area contributed by atoms with Crippen LogP contribution in [0.4, 0.5) is 17.5 Å². The molecule has 2 heterocycles. The van der Waals surface area contributed by atoms with Crippen molar-refractivity contribution in [2.24, 2.45) is 0 Å². The van der Waals surface area contributed by atoms with Gasteiger partial charge in [0.2, 0.25) is 5.95 Å². The molecule has 0 aliphatic carbocycles. The lowest BCUT2D eigenvalue weighted by molar-refractivity contribution is 0.0600. The van der Waals surface area contributed by atoms with E-state index in [0.717, 1.165) is 11.1 Å². The van der Waals surface area contributed by atoms with E-state index in [1.54, 1.807) is 18.3 Å². The van der Waals surface area contributed by atoms with Crippen molar-refractivity contribution in [2.75, 3.05) is 38.1 Å². The molecule has 0 aliphatic heterocycles. The number of ether oxygens (including phenoxy) is 3. The summed E-state index contributed by atoms with van der Waals surface area (Å²) in [5, 5.41) is 3.92. The molecular formula is C19H22N6O4. The van der Waals surface area contributed by atoms with Crippen molar-refractivity contribution in [2.45, 2.75) is 13.5 Å². The third kappa shape index (κ3) is 3.77. The molecule has 152 valence electrons. The highest BCUT2D eigenvalue weighted by molar-refractivity contribution is 5.92. The standard InChI is InChI=1S/C19H22N6O4/c1-9-11(8-23-17-14(9)16(20)24-19(21)25-17)7-22-15-12(27-2)5-10(18(26)29-4)6-13(15)28-3/h5-6,8,22H,7H2,1-4H3,(H4,20,21,23,24,25). The number of benzene rings is 1. The maximum Gasteiger partial charge on any atom is 0.338 e. The van der Waals surface area contributed by atoms with Crippen molar-refractivity contribution in [1.82, 2.24) is 15.0 Å². The first-order valence-electron chi connectivity index (χ1n) is 8.65. The fourth-order valence-corrected chi connectivity index (χ4v) is 3.02. The first-order valence-corrected chi connectivity index (χ1v) is 8.65. The number of rotatable bonds is 6. The number of carbonyl (C=O) groups excluding carboxylic acids is 1. The van der Waals surface area contributed by atoms with Gasteiger partial charge in [-0.2, -0.15) is 9.97 Å². The van der Waals surface area contributed by atoms with Gasteiger partial charge in [-0.3, -0.25) is 0 Å². The summed E-state index contributed by atoms with van der Waals surface area (Å²) in [5.74, 6) is 0.737. The number of hydrogen-bond acceptors (Lipinski definition) is 10. The summed E-state index contributed by atoms with van der Waals surface area (Å²) in [4.78, 5) is 24.3. The van der Waals surface area contributed by atoms with Crippen molar-refractivity contribution in [1.29, 1.82) is 0 Å². The van der Waals surface area contributed by atoms with Gasteiger partial charge in [-0.1, -0.05) is 0 Å². The zero-order valence-electron chi connectivity index (χ0n) is 16.6. The van der Waals surface area contributed by atoms with E-state index in [1.807, 2.05) is 6.92 Å². The number of pyridine rings is 1. The number of fused-ring (bicyclic) bond motifs is 1. The SMILES string of the molecule is COC(=O)c1cc(OC)c(NCc2cnc3nc(N)nc(N)c3c2C)c(OC)c1. The highest BCUT2D eigenvalue weighted by atomic mass is 16.5. The zero-order valence-corrected chi connectivity index (χ0v) is 16.6. The van der Waals surface area contributed by atoms with Crippen LogP contribution >= 0.6 is 0 Å². The minimum absolute atomic E-state index is 0.0768. The van der Waals surface area contributed by atoms with E-state index in [0.29, 0.717) is 40.3 Å². The number of nitrogens with two attached hydrogens (primary N) is 2. The first-order chi connectivity index (χ1) is 13.9. The van der Waals surface area contributed by atoms with Gasteiger partial charge in [-0.05, 0) is 30.2 Å². The monoisotopic (exact) mass is 398 g/mol. The molecule has 0 aliphatic rings. The Bertz CT molecular complexity index is 1060. The van der Waals surface area contributed by atoms with E-state index in [9.17, 15) is 4.79 Å². The number of nitrogens with zero attached hydrogens (tertiary/aromatic N) is 3. The Labute approximate surface area is 167 Å². The number of hydrogen-bond donors (Lipinski definition) is 3. The fourth-order valence-electron chi connectivity index (χ4n) is 3.02. The molecule has 0 radical (unpaired) electrons. The Hall–Kier alpha value is -3.82. The minimum atomic E-state index is -0.488. The van der Waals surface area contributed by atoms with Crippen molar-refractivity contribution in [3.05, 3.63) is 35.0 Å². The van der Waals surface area contributed by atoms with E-state index in [-0.39, 0.29) is 11.8 Å². The van der Waals surface area contributed by atoms with E-state index in [2.05, 4.69) is 20.3 Å². The van der Waals surface area contributed by atoms with Gasteiger partial charge in [-0.15, -0.1) is 0 Å². The Kier molecular flexibility index (Phi) is 5.53. The molecule has 0 spiro atoms. The van der Waals surface area contributed by atoms with E-state index < -0.39 is 5.97 Å². The number of nitrogen functional groups attached to an aromatic ring is 2. The molecule has 0 atom stereocenters. The summed E-state index contributed by atoms with van der Waals surface area (Å²) in [6.45, 7) is 2.30. The molecule has 10 heteroatoms. The number of aromatic nitrogens is 3. The van der Waals surface area contributed by atoms with Crippen LogP contribution in [0.3, 0.4) is 0 Å². The highest BCUT2D eigenvalue weighted by Crippen LogP contribution is 2.37. The molecule has 0 unspecified atom stereocenters. The van der Waals surface area contributed by atoms with Crippen LogP contribution in [-0.2, 0) is 11.3 Å². The van der Waals surface area contributed by atoms with Crippen LogP contribution in [0.15, 0.2) is 18.3 Å². The summed E-state index contributed by atoms with van der Waals surface area (Å²) in [6, 6.07) is 3.16. The number of aryl methyl sites for hydroxylation is 1. The normalized spacial score (nSPS) is 10.6. The number of carbonyl (C=O) groups is 1. The third-order valence-corrected chi connectivity index (χ3v) is 4.52. The summed E-state index contributed by atoms with van der Waals surface area (Å²) in [7, 11) is 4.32. The lowest BCUT2D eigenvalue weighted by Crippen LogP contribution is -2.09. The second-order valence-electron chi connectivity index (χ2n) is 6.17. The lowest BCUT2D eigenvalue weighted by Gasteiger charge is -2.17. The largest absolute Gasteiger partial charge is 0.494 e. The molecule has 3 rings (SSSR count). The van der Waals surface area contributed by atoms with Crippen LogP contribution in [-0.4, -0.2) is 42.3 Å². The third-order valence-electron chi connectivity index (χ3n) is 4.52. The van der Waals surface area contributed by atoms with Gasteiger partial charge in [0.1, 0.15) is 23.0 Å². The molecular weight excluding hydrogens is 376 g/mol. The lowest BCUT2D eigenvalue weighted by atomic mass is 10.1. The molecule has 0 amide bonds. The van der Waals surface area contributed by atoms with Gasteiger partial charge in [-0.25, -0.2) is 9.78 Å². The van der Waals surface area contributed by atoms with Crippen LogP contribution in [0.1, 0.15) is 21.5 Å². The van der Waals surface area contributed by atoms with Crippen LogP contribution in [0.2, 0.25) is 0 Å². The Morgan fingerprint density at radius 2 is 1.76 bits per heavy atom. The first kappa shape index (κ1) is 19.9. The maximum absolute atomic E-state index is 11.9. The van der Waals surface area contributed by atoms with Gasteiger partial charge >= 0.3 is 5.97 Å². The Morgan fingerprint density at radius 1 is 1.10 bits per heavy atom. The van der Waals surface area contributed by atoms with Crippen LogP contribution in [0, 0.1) is 6.92 Å². The number of esters is 1. The van der Waals surface area contributed by atoms with Crippen molar-refractivity contribution < 1.29 is 19.0 Å². The van der Waals surface area contributed by atoms with Crippen LogP contribution < -0.4 is 26.3 Å². The second kappa shape index (κ2) is 8.05. The molecule has 3 aromatic rings.